The molecule has 0 aliphatic carbocycles. The Balaban J connectivity index is 0.905. The predicted octanol–water partition coefficient (Wildman–Crippen LogP) is 11.1. The molecule has 4 aromatic carbocycles. The van der Waals surface area contributed by atoms with Gasteiger partial charge in [0.2, 0.25) is 0 Å². The Morgan fingerprint density at radius 3 is 0.571 bits per heavy atom. The van der Waals surface area contributed by atoms with E-state index in [-0.39, 0.29) is 76.2 Å². The first kappa shape index (κ1) is 76.6. The van der Waals surface area contributed by atoms with Gasteiger partial charge >= 0.3 is 0 Å². The summed E-state index contributed by atoms with van der Waals surface area (Å²) in [6.45, 7) is 32.9. The lowest BCUT2D eigenvalue weighted by atomic mass is 10.1. The Morgan fingerprint density at radius 1 is 0.241 bits per heavy atom. The van der Waals surface area contributed by atoms with E-state index in [1.165, 1.54) is 0 Å². The fourth-order valence-electron chi connectivity index (χ4n) is 14.9. The summed E-state index contributed by atoms with van der Waals surface area (Å²) in [5.74, 6) is -2.99. The molecule has 8 saturated heterocycles. The van der Waals surface area contributed by atoms with E-state index in [0.717, 1.165) is 0 Å². The molecule has 112 heavy (non-hydrogen) atoms. The van der Waals surface area contributed by atoms with E-state index in [1.807, 2.05) is 159 Å². The molecule has 8 fully saturated rings. The molecule has 10 aliphatic rings. The summed E-state index contributed by atoms with van der Waals surface area (Å²) in [6.07, 6.45) is -3.43. The van der Waals surface area contributed by atoms with Gasteiger partial charge in [0.25, 0.3) is 0 Å². The number of H-pyrrole nitrogens is 2. The van der Waals surface area contributed by atoms with Gasteiger partial charge in [-0.1, -0.05) is 0 Å². The Bertz CT molecular complexity index is 4630. The zero-order valence-corrected chi connectivity index (χ0v) is 66.0. The van der Waals surface area contributed by atoms with Crippen molar-refractivity contribution in [2.24, 2.45) is 0 Å². The highest BCUT2D eigenvalue weighted by molar-refractivity contribution is 6.09. The molecule has 17 rings (SSSR count). The highest BCUT2D eigenvalue weighted by Gasteiger charge is 2.42. The smallest absolute Gasteiger partial charge is 0.164 e. The first-order valence-corrected chi connectivity index (χ1v) is 38.2. The van der Waals surface area contributed by atoms with E-state index in [4.69, 9.17) is 144 Å². The van der Waals surface area contributed by atoms with Gasteiger partial charge in [-0.2, -0.15) is 0 Å². The Labute approximate surface area is 646 Å². The zero-order valence-electron chi connectivity index (χ0n) is 66.0. The number of aromatic amines is 2. The highest BCUT2D eigenvalue weighted by Crippen LogP contribution is 2.48. The molecule has 10 aliphatic heterocycles. The average molecular weight is 1560 g/mol. The number of fused-ring (bicyclic) bond motifs is 20. The van der Waals surface area contributed by atoms with Crippen molar-refractivity contribution in [2.75, 3.05) is 106 Å². The van der Waals surface area contributed by atoms with Gasteiger partial charge in [0, 0.05) is 43.8 Å². The van der Waals surface area contributed by atoms with Crippen molar-refractivity contribution in [2.45, 2.75) is 206 Å². The van der Waals surface area contributed by atoms with Crippen molar-refractivity contribution in [1.82, 2.24) is 39.9 Å². The SMILES string of the molecule is CC1(C)OCC(COc2cc3c(cc2OCC2COC(C)(C)O2)-c2nc-3nc3nc(nc4[nH]c(nc5[nH]c(n2)c2cc(OCC6COC(C)(C)O6)c(OCC6COC(C)(C)O6)cc52)c2cc(OCC5COC(C)(C)O5)c(OCC5COC(C)(C)O5)cc42)-c2cc(OCC4COC(C)(C)O4)c(OCC4COC(C)(C)O4)cc2-3)O1. The molecule has 8 bridgehead atoms. The summed E-state index contributed by atoms with van der Waals surface area (Å²) >= 11 is 0. The van der Waals surface area contributed by atoms with Crippen molar-refractivity contribution in [3.63, 3.8) is 0 Å². The lowest BCUT2D eigenvalue weighted by Crippen LogP contribution is -2.26. The lowest BCUT2D eigenvalue weighted by Gasteiger charge is -2.20. The van der Waals surface area contributed by atoms with Gasteiger partial charge < -0.3 is 124 Å². The van der Waals surface area contributed by atoms with Crippen molar-refractivity contribution >= 4 is 44.1 Å². The van der Waals surface area contributed by atoms with Crippen LogP contribution in [0.5, 0.6) is 46.0 Å². The number of ether oxygens (including phenoxy) is 24. The van der Waals surface area contributed by atoms with Gasteiger partial charge in [0.1, 0.15) is 124 Å². The third-order valence-corrected chi connectivity index (χ3v) is 20.0. The van der Waals surface area contributed by atoms with Crippen LogP contribution in [0.1, 0.15) is 111 Å². The molecule has 602 valence electrons. The third-order valence-electron chi connectivity index (χ3n) is 20.0. The number of benzene rings is 4. The molecule has 7 aromatic rings. The summed E-state index contributed by atoms with van der Waals surface area (Å²) in [5, 5.41) is 2.24. The molecule has 8 atom stereocenters. The number of nitrogens with one attached hydrogen (secondary N) is 2. The average Bonchev–Trinajstić information content (AvgIpc) is 1.60. The van der Waals surface area contributed by atoms with Gasteiger partial charge in [-0.05, 0) is 159 Å². The van der Waals surface area contributed by atoms with Crippen LogP contribution in [0.15, 0.2) is 48.5 Å². The van der Waals surface area contributed by atoms with E-state index in [2.05, 4.69) is 9.97 Å². The van der Waals surface area contributed by atoms with Crippen LogP contribution in [-0.4, -0.2) is 241 Å². The second kappa shape index (κ2) is 29.1. The summed E-state index contributed by atoms with van der Waals surface area (Å²) in [5.41, 5.74) is 3.34. The van der Waals surface area contributed by atoms with Crippen molar-refractivity contribution in [3.8, 4) is 91.5 Å². The topological polar surface area (TPSA) is 330 Å². The van der Waals surface area contributed by atoms with Crippen LogP contribution in [-0.2, 0) is 75.8 Å². The Hall–Kier alpha value is -8.00. The van der Waals surface area contributed by atoms with Crippen molar-refractivity contribution in [1.29, 1.82) is 0 Å². The monoisotopic (exact) mass is 1550 g/mol. The predicted molar refractivity (Wildman–Crippen MR) is 399 cm³/mol. The molecule has 32 nitrogen and oxygen atoms in total. The number of rotatable bonds is 24. The van der Waals surface area contributed by atoms with E-state index >= 15 is 0 Å². The first-order valence-electron chi connectivity index (χ1n) is 38.2. The van der Waals surface area contributed by atoms with Crippen LogP contribution in [0.25, 0.3) is 89.7 Å². The van der Waals surface area contributed by atoms with Crippen LogP contribution >= 0.6 is 0 Å². The maximum Gasteiger partial charge on any atom is 0.164 e. The van der Waals surface area contributed by atoms with Gasteiger partial charge in [-0.15, -0.1) is 0 Å². The molecule has 32 heteroatoms. The molecule has 0 radical (unpaired) electrons. The fraction of sp³-hybridized carbons (Fsp3) is 0.600. The van der Waals surface area contributed by atoms with Crippen LogP contribution in [0.3, 0.4) is 0 Å². The van der Waals surface area contributed by atoms with Crippen LogP contribution in [0.2, 0.25) is 0 Å². The molecular weight excluding hydrogens is 1460 g/mol. The minimum atomic E-state index is -0.834. The van der Waals surface area contributed by atoms with Crippen LogP contribution in [0.4, 0.5) is 0 Å². The summed E-state index contributed by atoms with van der Waals surface area (Å²) in [4.78, 5) is 40.2. The van der Waals surface area contributed by atoms with E-state index < -0.39 is 95.1 Å². The van der Waals surface area contributed by atoms with Crippen LogP contribution < -0.4 is 37.9 Å². The molecule has 0 amide bonds. The summed E-state index contributed by atoms with van der Waals surface area (Å²) in [7, 11) is 0. The maximum atomic E-state index is 6.79. The Morgan fingerprint density at radius 2 is 0.402 bits per heavy atom. The second-order valence-corrected chi connectivity index (χ2v) is 33.1. The maximum absolute atomic E-state index is 6.79. The molecule has 2 N–H and O–H groups in total. The van der Waals surface area contributed by atoms with E-state index in [9.17, 15) is 0 Å². The molecule has 3 aromatic heterocycles. The zero-order chi connectivity index (χ0) is 78.1. The van der Waals surface area contributed by atoms with Gasteiger partial charge in [-0.25, -0.2) is 29.9 Å². The van der Waals surface area contributed by atoms with Crippen molar-refractivity contribution in [3.05, 3.63) is 48.5 Å². The largest absolute Gasteiger partial charge is 0.487 e. The number of aromatic nitrogens is 8. The summed E-state index contributed by atoms with van der Waals surface area (Å²) in [6, 6.07) is 14.8. The lowest BCUT2D eigenvalue weighted by molar-refractivity contribution is -0.142. The quantitative estimate of drug-likeness (QED) is 0.0567. The van der Waals surface area contributed by atoms with Gasteiger partial charge in [0.15, 0.2) is 116 Å². The minimum Gasteiger partial charge on any atom is -0.487 e. The molecule has 13 heterocycles. The normalized spacial score (nSPS) is 26.6. The molecule has 0 saturated carbocycles. The highest BCUT2D eigenvalue weighted by atomic mass is 16.8. The van der Waals surface area contributed by atoms with Gasteiger partial charge in [-0.3, -0.25) is 0 Å². The fourth-order valence-corrected chi connectivity index (χ4v) is 14.9. The standard InChI is InChI=1S/C80H98N8O24/c1-73(2)97-33-41(105-73)25-89-57-17-49-50(18-58(57)90-26-42-34-98-74(3,4)106-42)66-81-65(49)85-67-51-19-59(91-27-43-35-99-75(5,6)107-43)60(92-28-44-36-100-76(7,8)108-44)20-52(51)69(82-67)87-71-55-23-63(95-31-47-39-103-79(13,14)111-47)64(96-32-48-40-104-80(15,16)112-48)24-56(55)72(84-71)88-70-54-22-62(94-30-46-38-102-78(11,12)110-46)61(21-53(54)68(83-70)86-66)93-29-45-37-101-77(9,10)109-45/h17-24,41-48H,25-40H2,1-16H3,(H2,81,82,83,84,85,86,87,88). The third kappa shape index (κ3) is 16.9. The number of nitrogens with zero attached hydrogens (tertiary/aromatic N) is 6. The van der Waals surface area contributed by atoms with Crippen LogP contribution in [0, 0.1) is 0 Å². The van der Waals surface area contributed by atoms with Crippen molar-refractivity contribution < 1.29 is 114 Å². The summed E-state index contributed by atoms with van der Waals surface area (Å²) < 4.78 is 153. The van der Waals surface area contributed by atoms with E-state index in [1.54, 1.807) is 0 Å². The molecule has 0 spiro atoms. The van der Waals surface area contributed by atoms with Gasteiger partial charge in [0.05, 0.1) is 52.9 Å². The number of hydrogen-bond donors (Lipinski definition) is 2. The molecular formula is C80H98N8O24. The second-order valence-electron chi connectivity index (χ2n) is 33.1. The first-order chi connectivity index (χ1) is 53.1. The van der Waals surface area contributed by atoms with E-state index in [0.29, 0.717) is 165 Å². The molecule has 8 unspecified atom stereocenters. The minimum absolute atomic E-state index is 0.0932. The Kier molecular flexibility index (Phi) is 19.9. The number of hydrogen-bond acceptors (Lipinski definition) is 30.